The van der Waals surface area contributed by atoms with Crippen molar-refractivity contribution < 1.29 is 27.9 Å². The first-order valence-electron chi connectivity index (χ1n) is 18.2. The molecule has 2 N–H and O–H groups in total. The molecule has 6 rings (SSSR count). The van der Waals surface area contributed by atoms with Gasteiger partial charge in [-0.15, -0.1) is 0 Å². The second kappa shape index (κ2) is 16.8. The molecule has 0 saturated carbocycles. The van der Waals surface area contributed by atoms with Crippen LogP contribution in [0.2, 0.25) is 0 Å². The molecule has 3 aromatic heterocycles. The largest absolute Gasteiger partial charge is 0.494 e. The molecular weight excluding hydrogens is 735 g/mol. The molecule has 0 aliphatic carbocycles. The van der Waals surface area contributed by atoms with Gasteiger partial charge in [0.25, 0.3) is 0 Å². The van der Waals surface area contributed by atoms with Gasteiger partial charge in [0, 0.05) is 30.8 Å². The van der Waals surface area contributed by atoms with Crippen molar-refractivity contribution in [2.75, 3.05) is 41.8 Å². The summed E-state index contributed by atoms with van der Waals surface area (Å²) in [6.07, 6.45) is 5.29. The molecule has 15 nitrogen and oxygen atoms in total. The number of hydrogen-bond donors (Lipinski definition) is 2. The Morgan fingerprint density at radius 3 is 2.48 bits per heavy atom. The number of sulfone groups is 1. The quantitative estimate of drug-likeness (QED) is 0.0980. The lowest BCUT2D eigenvalue weighted by atomic mass is 9.96. The maximum absolute atomic E-state index is 13.2. The first-order valence-corrected chi connectivity index (χ1v) is 19.9. The van der Waals surface area contributed by atoms with Gasteiger partial charge in [-0.2, -0.15) is 5.10 Å². The van der Waals surface area contributed by atoms with Gasteiger partial charge in [-0.05, 0) is 94.5 Å². The first kappa shape index (κ1) is 39.6. The lowest BCUT2D eigenvalue weighted by molar-refractivity contribution is -0.133. The van der Waals surface area contributed by atoms with Gasteiger partial charge in [0.05, 0.1) is 42.3 Å². The summed E-state index contributed by atoms with van der Waals surface area (Å²) in [6, 6.07) is 14.6. The summed E-state index contributed by atoms with van der Waals surface area (Å²) in [5.74, 6) is 0.768. The first-order chi connectivity index (χ1) is 26.8. The van der Waals surface area contributed by atoms with Crippen LogP contribution in [0.3, 0.4) is 0 Å². The van der Waals surface area contributed by atoms with Crippen LogP contribution < -0.4 is 14.5 Å². The monoisotopic (exact) mass is 777 g/mol. The number of anilines is 2. The number of H-pyrrole nitrogens is 1. The average Bonchev–Trinajstić information content (AvgIpc) is 3.71. The number of aromatic nitrogens is 6. The van der Waals surface area contributed by atoms with E-state index in [4.69, 9.17) is 21.3 Å². The van der Waals surface area contributed by atoms with E-state index in [2.05, 4.69) is 25.0 Å². The number of pyridine rings is 1. The van der Waals surface area contributed by atoms with Crippen molar-refractivity contribution >= 4 is 38.9 Å². The molecule has 4 heterocycles. The van der Waals surface area contributed by atoms with Gasteiger partial charge >= 0.3 is 0 Å². The van der Waals surface area contributed by atoms with Crippen molar-refractivity contribution in [1.29, 1.82) is 0 Å². The summed E-state index contributed by atoms with van der Waals surface area (Å²) in [7, 11) is -4.01. The summed E-state index contributed by atoms with van der Waals surface area (Å²) in [5.41, 5.74) is 2.46. The number of likely N-dealkylation sites (N-methyl/N-ethyl adjacent to an activating group) is 1. The van der Waals surface area contributed by atoms with Crippen LogP contribution in [0, 0.1) is 20.4 Å². The Labute approximate surface area is 325 Å². The summed E-state index contributed by atoms with van der Waals surface area (Å²) in [5, 5.41) is 17.6. The van der Waals surface area contributed by atoms with E-state index in [1.54, 1.807) is 48.4 Å². The molecule has 1 atom stereocenters. The highest BCUT2D eigenvalue weighted by molar-refractivity contribution is 7.91. The number of hydrogen-bond acceptors (Lipinski definition) is 12. The van der Waals surface area contributed by atoms with Crippen LogP contribution in [0.5, 0.6) is 5.75 Å². The number of ether oxygens (including phenoxy) is 1. The van der Waals surface area contributed by atoms with Crippen LogP contribution in [0.15, 0.2) is 72.0 Å². The van der Waals surface area contributed by atoms with E-state index in [1.807, 2.05) is 30.9 Å². The number of fused-ring (bicyclic) bond motifs is 1. The summed E-state index contributed by atoms with van der Waals surface area (Å²) in [6.45, 7) is 15.6. The number of carbonyl (C=O) groups excluding carboxylic acids is 2. The minimum absolute atomic E-state index is 0.0315. The van der Waals surface area contributed by atoms with E-state index in [1.165, 1.54) is 25.4 Å². The second-order valence-electron chi connectivity index (χ2n) is 13.9. The van der Waals surface area contributed by atoms with Crippen molar-refractivity contribution in [2.45, 2.75) is 63.9 Å². The highest BCUT2D eigenvalue weighted by Gasteiger charge is 2.36. The Balaban J connectivity index is 0.992. The van der Waals surface area contributed by atoms with Crippen LogP contribution in [-0.4, -0.2) is 92.9 Å². The van der Waals surface area contributed by atoms with E-state index in [0.29, 0.717) is 71.1 Å². The van der Waals surface area contributed by atoms with Gasteiger partial charge in [-0.1, -0.05) is 18.2 Å². The Hall–Kier alpha value is -6.05. The highest BCUT2D eigenvalue weighted by Crippen LogP contribution is 2.33. The van der Waals surface area contributed by atoms with Gasteiger partial charge in [0.1, 0.15) is 23.4 Å². The predicted molar refractivity (Wildman–Crippen MR) is 210 cm³/mol. The molecule has 16 heteroatoms. The molecule has 56 heavy (non-hydrogen) atoms. The molecule has 1 aliphatic rings. The summed E-state index contributed by atoms with van der Waals surface area (Å²) < 4.78 is 32.2. The molecule has 2 aromatic carbocycles. The molecule has 1 amide bonds. The number of Topliss-reactive ketones (excluding diaryl/α,β-unsaturated/α-hetero) is 1. The molecule has 0 radical (unpaired) electrons. The van der Waals surface area contributed by atoms with Crippen LogP contribution >= 0.6 is 0 Å². The molecule has 0 saturated heterocycles. The Morgan fingerprint density at radius 2 is 1.80 bits per heavy atom. The number of benzene rings is 2. The number of aliphatic hydroxyl groups is 1. The van der Waals surface area contributed by atoms with Gasteiger partial charge in [0.2, 0.25) is 5.91 Å². The van der Waals surface area contributed by atoms with Crippen molar-refractivity contribution in [2.24, 2.45) is 0 Å². The third kappa shape index (κ3) is 8.90. The normalized spacial score (nSPS) is 13.9. The number of aryl methyl sites for hydroxylation is 2. The smallest absolute Gasteiger partial charge is 0.247 e. The van der Waals surface area contributed by atoms with Crippen LogP contribution in [0.4, 0.5) is 17.3 Å². The number of amides is 1. The standard InChI is InChI=1S/C40H43N9O6S/c1-6-49-36(51)23-48(38-39(49)46-34(22-42-38)31-15-17-33(45-27(31)3)37-43-25-44-47-37)18-8-7-9-19-55-29-11-13-30(14-12-29)56(53,54)24-40(4,52)35(50)21-28-10-16-32(41-5)26(2)20-28/h10-17,20,22,25,52H,6-9,18-19,21,23-24H2,1-4H3,(H,43,44,47)/t40-/m0/s1. The molecule has 0 fully saturated rings. The minimum Gasteiger partial charge on any atom is -0.494 e. The molecule has 5 aromatic rings. The van der Waals surface area contributed by atoms with Gasteiger partial charge < -0.3 is 14.7 Å². The third-order valence-electron chi connectivity index (χ3n) is 9.60. The number of ketones is 1. The summed E-state index contributed by atoms with van der Waals surface area (Å²) in [4.78, 5) is 51.5. The zero-order valence-electron chi connectivity index (χ0n) is 31.7. The van der Waals surface area contributed by atoms with Crippen LogP contribution in [-0.2, 0) is 25.8 Å². The van der Waals surface area contributed by atoms with Crippen molar-refractivity contribution in [1.82, 2.24) is 30.1 Å². The molecule has 290 valence electrons. The maximum atomic E-state index is 13.2. The van der Waals surface area contributed by atoms with Gasteiger partial charge in [-0.25, -0.2) is 33.2 Å². The molecule has 0 bridgehead atoms. The Morgan fingerprint density at radius 1 is 1.02 bits per heavy atom. The molecular formula is C40H43N9O6S. The third-order valence-corrected chi connectivity index (χ3v) is 11.5. The van der Waals surface area contributed by atoms with Crippen LogP contribution in [0.25, 0.3) is 27.6 Å². The number of unbranched alkanes of at least 4 members (excludes halogenated alkanes) is 2. The maximum Gasteiger partial charge on any atom is 0.247 e. The van der Waals surface area contributed by atoms with Crippen molar-refractivity contribution in [3.05, 3.63) is 95.4 Å². The fourth-order valence-corrected chi connectivity index (χ4v) is 8.15. The minimum atomic E-state index is -4.01. The number of aromatic amines is 1. The van der Waals surface area contributed by atoms with E-state index < -0.39 is 27.0 Å². The number of nitrogens with one attached hydrogen (secondary N) is 1. The van der Waals surface area contributed by atoms with E-state index in [-0.39, 0.29) is 23.8 Å². The van der Waals surface area contributed by atoms with E-state index in [9.17, 15) is 23.1 Å². The average molecular weight is 778 g/mol. The Kier molecular flexibility index (Phi) is 11.9. The lowest BCUT2D eigenvalue weighted by Crippen LogP contribution is -2.47. The zero-order chi connectivity index (χ0) is 40.0. The van der Waals surface area contributed by atoms with Gasteiger partial charge in [0.15, 0.2) is 38.8 Å². The fraction of sp³-hybridized carbons (Fsp3) is 0.350. The SMILES string of the molecule is [C-]#[N+]c1ccc(CC(=O)[C@@](C)(O)CS(=O)(=O)c2ccc(OCCCCCN3CC(=O)N(CC)c4nc(-c5ccc(-c6ncn[nH]6)nc5C)cnc43)cc2)cc1C. The van der Waals surface area contributed by atoms with E-state index >= 15 is 0 Å². The molecule has 1 aliphatic heterocycles. The van der Waals surface area contributed by atoms with Crippen LogP contribution in [0.1, 0.15) is 49.9 Å². The molecule has 0 spiro atoms. The number of rotatable bonds is 16. The van der Waals surface area contributed by atoms with Gasteiger partial charge in [-0.3, -0.25) is 19.6 Å². The molecule has 0 unspecified atom stereocenters. The highest BCUT2D eigenvalue weighted by atomic mass is 32.2. The summed E-state index contributed by atoms with van der Waals surface area (Å²) >= 11 is 0. The van der Waals surface area contributed by atoms with Crippen molar-refractivity contribution in [3.8, 4) is 28.5 Å². The fourth-order valence-electron chi connectivity index (χ4n) is 6.53. The number of nitrogens with zero attached hydrogens (tertiary/aromatic N) is 8. The Bertz CT molecular complexity index is 2380. The topological polar surface area (TPSA) is 189 Å². The van der Waals surface area contributed by atoms with Crippen molar-refractivity contribution in [3.63, 3.8) is 0 Å². The zero-order valence-corrected chi connectivity index (χ0v) is 32.5. The van der Waals surface area contributed by atoms with E-state index in [0.717, 1.165) is 30.5 Å². The lowest BCUT2D eigenvalue weighted by Gasteiger charge is -2.35. The predicted octanol–water partition coefficient (Wildman–Crippen LogP) is 5.25. The number of carbonyl (C=O) groups is 2. The second-order valence-corrected chi connectivity index (χ2v) is 15.9.